The van der Waals surface area contributed by atoms with Crippen LogP contribution in [-0.2, 0) is 44.2 Å². The molecule has 9 rings (SSSR count). The lowest BCUT2D eigenvalue weighted by molar-refractivity contribution is -0.151. The minimum Gasteiger partial charge on any atom is -0.497 e. The fraction of sp³-hybridized carbons (Fsp3) is 0.312. The molecule has 3 amide bonds. The summed E-state index contributed by atoms with van der Waals surface area (Å²) in [6.07, 6.45) is -0.0197. The number of carbonyl (C=O) groups is 3. The van der Waals surface area contributed by atoms with Gasteiger partial charge in [-0.05, 0) is 83.2 Å². The number of benzene rings is 5. The molecule has 5 atom stereocenters. The molecule has 5 aromatic rings. The predicted octanol–water partition coefficient (Wildman–Crippen LogP) is 7.50. The Balaban J connectivity index is 1.09. The first kappa shape index (κ1) is 40.0. The van der Waals surface area contributed by atoms with Crippen LogP contribution in [0.5, 0.6) is 11.5 Å². The Hall–Kier alpha value is -5.46. The van der Waals surface area contributed by atoms with Gasteiger partial charge >= 0.3 is 0 Å². The van der Waals surface area contributed by atoms with Crippen LogP contribution in [0.1, 0.15) is 35.6 Å². The van der Waals surface area contributed by atoms with E-state index in [0.29, 0.717) is 46.4 Å². The highest BCUT2D eigenvalue weighted by Gasteiger charge is 2.66. The third-order valence-electron chi connectivity index (χ3n) is 13.3. The quantitative estimate of drug-likeness (QED) is 0.153. The third kappa shape index (κ3) is 6.59. The number of hydrogen-bond acceptors (Lipinski definition) is 7. The molecular formula is C48H48ClN3O7Si. The summed E-state index contributed by atoms with van der Waals surface area (Å²) >= 11 is 6.78. The summed E-state index contributed by atoms with van der Waals surface area (Å²) in [7, 11) is -0.931. The highest BCUT2D eigenvalue weighted by atomic mass is 35.5. The van der Waals surface area contributed by atoms with E-state index in [1.807, 2.05) is 91.0 Å². The molecule has 60 heavy (non-hydrogen) atoms. The van der Waals surface area contributed by atoms with Crippen LogP contribution < -0.4 is 24.5 Å². The van der Waals surface area contributed by atoms with Crippen molar-refractivity contribution in [3.05, 3.63) is 143 Å². The number of aliphatic hydroxyl groups excluding tert-OH is 1. The molecule has 0 bridgehead atoms. The lowest BCUT2D eigenvalue weighted by atomic mass is 9.82. The summed E-state index contributed by atoms with van der Waals surface area (Å²) in [5.74, 6) is 0.484. The Morgan fingerprint density at radius 3 is 2.43 bits per heavy atom. The SMILES string of the molecule is COc1ccc([Si](C)(C)[C@H]2[C@H](CC(=O)N3Cc4ccccc4C[C@H]3CO)O[C@@]3(C(=O)N(Cc4cccc(N5C(=O)COc6ccccc65)c4)c4ccc(Cl)cc43)[C@@H]2C)cc1. The van der Waals surface area contributed by atoms with Gasteiger partial charge in [0.25, 0.3) is 11.8 Å². The van der Waals surface area contributed by atoms with Gasteiger partial charge in [0, 0.05) is 28.7 Å². The topological polar surface area (TPSA) is 109 Å². The maximum atomic E-state index is 15.5. The molecule has 0 aromatic heterocycles. The molecule has 0 aliphatic carbocycles. The van der Waals surface area contributed by atoms with Crippen LogP contribution in [0.25, 0.3) is 0 Å². The van der Waals surface area contributed by atoms with Gasteiger partial charge in [-0.2, -0.15) is 0 Å². The van der Waals surface area contributed by atoms with Crippen LogP contribution >= 0.6 is 11.6 Å². The van der Waals surface area contributed by atoms with Crippen LogP contribution in [0.4, 0.5) is 17.1 Å². The second-order valence-corrected chi connectivity index (χ2v) is 22.0. The highest BCUT2D eigenvalue weighted by Crippen LogP contribution is 2.60. The van der Waals surface area contributed by atoms with E-state index in [0.717, 1.165) is 27.6 Å². The first-order chi connectivity index (χ1) is 28.9. The first-order valence-electron chi connectivity index (χ1n) is 20.5. The Labute approximate surface area is 356 Å². The van der Waals surface area contributed by atoms with Gasteiger partial charge < -0.3 is 29.1 Å². The summed E-state index contributed by atoms with van der Waals surface area (Å²) in [5.41, 5.74) is 4.09. The molecule has 4 heterocycles. The van der Waals surface area contributed by atoms with E-state index in [1.165, 1.54) is 0 Å². The summed E-state index contributed by atoms with van der Waals surface area (Å²) in [5, 5.41) is 12.2. The molecular weight excluding hydrogens is 794 g/mol. The third-order valence-corrected chi connectivity index (χ3v) is 17.9. The van der Waals surface area contributed by atoms with Crippen LogP contribution in [0, 0.1) is 5.92 Å². The van der Waals surface area contributed by atoms with Crippen molar-refractivity contribution in [3.63, 3.8) is 0 Å². The number of fused-ring (bicyclic) bond motifs is 4. The van der Waals surface area contributed by atoms with E-state index in [4.69, 9.17) is 25.8 Å². The Morgan fingerprint density at radius 1 is 0.917 bits per heavy atom. The van der Waals surface area contributed by atoms with Crippen molar-refractivity contribution in [3.8, 4) is 11.5 Å². The van der Waals surface area contributed by atoms with Crippen molar-refractivity contribution in [2.75, 3.05) is 30.1 Å². The number of aliphatic hydroxyl groups is 1. The zero-order valence-corrected chi connectivity index (χ0v) is 35.9. The molecule has 12 heteroatoms. The molecule has 1 N–H and O–H groups in total. The average molecular weight is 842 g/mol. The maximum Gasteiger partial charge on any atom is 0.269 e. The van der Waals surface area contributed by atoms with Gasteiger partial charge in [-0.3, -0.25) is 19.3 Å². The van der Waals surface area contributed by atoms with E-state index < -0.39 is 19.8 Å². The van der Waals surface area contributed by atoms with Crippen LogP contribution in [0.3, 0.4) is 0 Å². The molecule has 5 aromatic carbocycles. The maximum absolute atomic E-state index is 15.5. The minimum atomic E-state index is -2.58. The van der Waals surface area contributed by atoms with E-state index in [1.54, 1.807) is 27.9 Å². The number of para-hydroxylation sites is 2. The summed E-state index contributed by atoms with van der Waals surface area (Å²) < 4.78 is 18.5. The number of amides is 3. The van der Waals surface area contributed by atoms with Gasteiger partial charge in [0.15, 0.2) is 12.2 Å². The molecule has 4 aliphatic heterocycles. The van der Waals surface area contributed by atoms with Crippen LogP contribution in [0.15, 0.2) is 115 Å². The number of rotatable bonds is 9. The zero-order valence-electron chi connectivity index (χ0n) is 34.1. The smallest absolute Gasteiger partial charge is 0.269 e. The Morgan fingerprint density at radius 2 is 1.67 bits per heavy atom. The lowest BCUT2D eigenvalue weighted by Gasteiger charge is -2.39. The number of carbonyl (C=O) groups excluding carboxylic acids is 3. The van der Waals surface area contributed by atoms with Gasteiger partial charge in [-0.1, -0.05) is 97.5 Å². The molecule has 1 spiro atoms. The largest absolute Gasteiger partial charge is 0.497 e. The Bertz CT molecular complexity index is 2500. The number of halogens is 1. The van der Waals surface area contributed by atoms with E-state index in [9.17, 15) is 14.7 Å². The summed E-state index contributed by atoms with van der Waals surface area (Å²) in [6, 6.07) is 36.4. The second kappa shape index (κ2) is 15.5. The Kier molecular flexibility index (Phi) is 10.3. The number of hydrogen-bond donors (Lipinski definition) is 1. The monoisotopic (exact) mass is 841 g/mol. The minimum absolute atomic E-state index is 0.0439. The molecule has 1 saturated heterocycles. The van der Waals surface area contributed by atoms with Crippen molar-refractivity contribution in [1.82, 2.24) is 4.90 Å². The van der Waals surface area contributed by atoms with Gasteiger partial charge in [-0.15, -0.1) is 0 Å². The first-order valence-corrected chi connectivity index (χ1v) is 23.9. The molecule has 1 fully saturated rings. The normalized spacial score (nSPS) is 23.3. The lowest BCUT2D eigenvalue weighted by Crippen LogP contribution is -2.52. The van der Waals surface area contributed by atoms with Gasteiger partial charge in [0.2, 0.25) is 5.91 Å². The van der Waals surface area contributed by atoms with Crippen LogP contribution in [-0.4, -0.2) is 68.3 Å². The van der Waals surface area contributed by atoms with Crippen molar-refractivity contribution in [2.24, 2.45) is 5.92 Å². The standard InChI is InChI=1S/C48H48ClN3O7Si/c1-30-46(60(3,4)38-19-17-37(57-2)18-20-38)43(25-44(54)50-27-33-12-6-5-11-32(33)23-36(50)28-53)59-48(30)39-24-34(49)16-21-40(39)51(47(48)56)26-31-10-9-13-35(22-31)52-41-14-7-8-15-42(41)58-29-45(52)55/h5-22,24,30,36,43,46,53H,23,25-29H2,1-4H3/t30-,36+,43+,46-,48+/m1/s1. The van der Waals surface area contributed by atoms with Crippen molar-refractivity contribution in [2.45, 2.75) is 69.2 Å². The van der Waals surface area contributed by atoms with Crippen molar-refractivity contribution in [1.29, 1.82) is 0 Å². The van der Waals surface area contributed by atoms with Crippen molar-refractivity contribution < 1.29 is 33.7 Å². The molecule has 0 saturated carbocycles. The summed E-state index contributed by atoms with van der Waals surface area (Å²) in [6.45, 7) is 7.03. The molecule has 0 radical (unpaired) electrons. The number of methoxy groups -OCH3 is 1. The fourth-order valence-corrected chi connectivity index (χ4v) is 14.5. The van der Waals surface area contributed by atoms with Crippen LogP contribution in [0.2, 0.25) is 23.7 Å². The summed E-state index contributed by atoms with van der Waals surface area (Å²) in [4.78, 5) is 48.7. The fourth-order valence-electron chi connectivity index (χ4n) is 10.3. The number of nitrogens with zero attached hydrogens (tertiary/aromatic N) is 3. The van der Waals surface area contributed by atoms with E-state index >= 15 is 4.79 Å². The molecule has 308 valence electrons. The predicted molar refractivity (Wildman–Crippen MR) is 234 cm³/mol. The van der Waals surface area contributed by atoms with E-state index in [2.05, 4.69) is 38.2 Å². The van der Waals surface area contributed by atoms with Crippen molar-refractivity contribution >= 4 is 59.6 Å². The van der Waals surface area contributed by atoms with Gasteiger partial charge in [-0.25, -0.2) is 0 Å². The zero-order chi connectivity index (χ0) is 41.9. The molecule has 0 unspecified atom stereocenters. The second-order valence-electron chi connectivity index (χ2n) is 16.9. The van der Waals surface area contributed by atoms with E-state index in [-0.39, 0.29) is 61.4 Å². The molecule has 10 nitrogen and oxygen atoms in total. The average Bonchev–Trinajstić information content (AvgIpc) is 3.68. The number of anilines is 3. The van der Waals surface area contributed by atoms with Gasteiger partial charge in [0.05, 0.1) is 58.3 Å². The highest BCUT2D eigenvalue weighted by molar-refractivity contribution is 6.91. The number of ether oxygens (including phenoxy) is 3. The van der Waals surface area contributed by atoms with Gasteiger partial charge in [0.1, 0.15) is 11.5 Å². The molecule has 4 aliphatic rings.